The monoisotopic (exact) mass is 595 g/mol. The molecule has 3 aromatic carbocycles. The minimum atomic E-state index is -3.73. The molecule has 1 aliphatic heterocycles. The number of ether oxygens (including phenoxy) is 4. The molecule has 1 saturated heterocycles. The van der Waals surface area contributed by atoms with E-state index in [2.05, 4.69) is 22.2 Å². The lowest BCUT2D eigenvalue weighted by atomic mass is 10.1. The summed E-state index contributed by atoms with van der Waals surface area (Å²) in [6.07, 6.45) is 1.44. The topological polar surface area (TPSA) is 107 Å². The number of hydrogen-bond acceptors (Lipinski definition) is 9. The Labute approximate surface area is 247 Å². The Kier molecular flexibility index (Phi) is 9.97. The zero-order valence-corrected chi connectivity index (χ0v) is 25.4. The lowest BCUT2D eigenvalue weighted by Crippen LogP contribution is -2.45. The van der Waals surface area contributed by atoms with Crippen molar-refractivity contribution in [1.82, 2.24) is 4.90 Å². The standard InChI is InChI=1S/C31H37N3O7S/c1-33-13-15-34(16-14-33)27-9-7-6-8-24(27)31(35)32-26-18-22(10-11-28(26)39-3)21-42(36,37)17-12-25-29(40-4)19-23(38-2)20-30(25)41-5/h6-12,17-20H,13-16,21H2,1-5H3,(H,32,35)/b17-12+. The number of para-hydroxylation sites is 1. The molecule has 0 spiro atoms. The number of amides is 1. The van der Waals surface area contributed by atoms with Crippen LogP contribution in [0.15, 0.2) is 60.0 Å². The highest BCUT2D eigenvalue weighted by Gasteiger charge is 2.21. The van der Waals surface area contributed by atoms with Gasteiger partial charge in [0.25, 0.3) is 5.91 Å². The van der Waals surface area contributed by atoms with Crippen molar-refractivity contribution in [3.05, 3.63) is 76.7 Å². The molecule has 42 heavy (non-hydrogen) atoms. The first-order chi connectivity index (χ1) is 20.2. The third-order valence-corrected chi connectivity index (χ3v) is 8.35. The molecule has 1 heterocycles. The van der Waals surface area contributed by atoms with E-state index >= 15 is 0 Å². The van der Waals surface area contributed by atoms with E-state index in [1.807, 2.05) is 18.2 Å². The van der Waals surface area contributed by atoms with Crippen LogP contribution in [0, 0.1) is 0 Å². The average Bonchev–Trinajstić information content (AvgIpc) is 3.00. The van der Waals surface area contributed by atoms with Gasteiger partial charge in [-0.25, -0.2) is 8.42 Å². The number of anilines is 2. The summed E-state index contributed by atoms with van der Waals surface area (Å²) in [5.74, 6) is 1.15. The van der Waals surface area contributed by atoms with E-state index in [-0.39, 0.29) is 11.7 Å². The minimum Gasteiger partial charge on any atom is -0.496 e. The SMILES string of the molecule is COc1cc(OC)c(/C=C/S(=O)(=O)Cc2ccc(OC)c(NC(=O)c3ccccc3N3CCN(C)CC3)c2)c(OC)c1. The first-order valence-corrected chi connectivity index (χ1v) is 15.1. The normalized spacial score (nSPS) is 14.1. The number of sulfone groups is 1. The third kappa shape index (κ3) is 7.34. The summed E-state index contributed by atoms with van der Waals surface area (Å²) in [4.78, 5) is 17.9. The number of carbonyl (C=O) groups is 1. The van der Waals surface area contributed by atoms with Crippen molar-refractivity contribution >= 4 is 33.2 Å². The Morgan fingerprint density at radius 1 is 0.857 bits per heavy atom. The third-order valence-electron chi connectivity index (χ3n) is 7.07. The molecule has 11 heteroatoms. The van der Waals surface area contributed by atoms with E-state index in [0.717, 1.165) is 37.3 Å². The molecule has 0 saturated carbocycles. The Morgan fingerprint density at radius 3 is 2.12 bits per heavy atom. The van der Waals surface area contributed by atoms with Gasteiger partial charge in [0.05, 0.1) is 51.0 Å². The van der Waals surface area contributed by atoms with Crippen LogP contribution in [0.3, 0.4) is 0 Å². The molecule has 4 rings (SSSR count). The van der Waals surface area contributed by atoms with Gasteiger partial charge in [0.2, 0.25) is 0 Å². The van der Waals surface area contributed by atoms with Crippen molar-refractivity contribution in [2.24, 2.45) is 0 Å². The van der Waals surface area contributed by atoms with E-state index < -0.39 is 9.84 Å². The van der Waals surface area contributed by atoms with Gasteiger partial charge in [-0.15, -0.1) is 0 Å². The van der Waals surface area contributed by atoms with Crippen molar-refractivity contribution in [3.63, 3.8) is 0 Å². The van der Waals surface area contributed by atoms with Crippen molar-refractivity contribution < 1.29 is 32.2 Å². The zero-order chi connectivity index (χ0) is 30.3. The van der Waals surface area contributed by atoms with Crippen LogP contribution < -0.4 is 29.2 Å². The predicted octanol–water partition coefficient (Wildman–Crippen LogP) is 4.31. The van der Waals surface area contributed by atoms with E-state index in [9.17, 15) is 13.2 Å². The van der Waals surface area contributed by atoms with Crippen LogP contribution in [-0.2, 0) is 15.6 Å². The number of benzene rings is 3. The molecule has 0 aliphatic carbocycles. The minimum absolute atomic E-state index is 0.297. The molecule has 1 fully saturated rings. The molecule has 1 amide bonds. The molecule has 0 radical (unpaired) electrons. The molecule has 0 unspecified atom stereocenters. The molecular weight excluding hydrogens is 558 g/mol. The van der Waals surface area contributed by atoms with Gasteiger partial charge < -0.3 is 34.1 Å². The van der Waals surface area contributed by atoms with E-state index in [4.69, 9.17) is 18.9 Å². The quantitative estimate of drug-likeness (QED) is 0.347. The number of nitrogens with zero attached hydrogens (tertiary/aromatic N) is 2. The molecular formula is C31H37N3O7S. The van der Waals surface area contributed by atoms with Gasteiger partial charge in [-0.2, -0.15) is 0 Å². The van der Waals surface area contributed by atoms with Crippen LogP contribution >= 0.6 is 0 Å². The highest BCUT2D eigenvalue weighted by atomic mass is 32.2. The number of likely N-dealkylation sites (N-methyl/N-ethyl adjacent to an activating group) is 1. The first kappa shape index (κ1) is 30.7. The lowest BCUT2D eigenvalue weighted by Gasteiger charge is -2.35. The van der Waals surface area contributed by atoms with Crippen LogP contribution in [0.25, 0.3) is 6.08 Å². The van der Waals surface area contributed by atoms with Crippen LogP contribution in [0.5, 0.6) is 23.0 Å². The second-order valence-corrected chi connectivity index (χ2v) is 11.7. The molecule has 3 aromatic rings. The predicted molar refractivity (Wildman–Crippen MR) is 165 cm³/mol. The number of piperazine rings is 1. The Hall–Kier alpha value is -4.22. The smallest absolute Gasteiger partial charge is 0.257 e. The van der Waals surface area contributed by atoms with Crippen molar-refractivity contribution in [2.75, 3.05) is 71.9 Å². The van der Waals surface area contributed by atoms with Gasteiger partial charge in [-0.1, -0.05) is 18.2 Å². The fraction of sp³-hybridized carbons (Fsp3) is 0.323. The summed E-state index contributed by atoms with van der Waals surface area (Å²) in [6, 6.07) is 15.7. The number of rotatable bonds is 11. The molecule has 224 valence electrons. The zero-order valence-electron chi connectivity index (χ0n) is 24.5. The number of nitrogens with one attached hydrogen (secondary N) is 1. The second kappa shape index (κ2) is 13.6. The second-order valence-electron chi connectivity index (χ2n) is 9.85. The maximum Gasteiger partial charge on any atom is 0.257 e. The summed E-state index contributed by atoms with van der Waals surface area (Å²) >= 11 is 0. The molecule has 10 nitrogen and oxygen atoms in total. The van der Waals surface area contributed by atoms with Crippen molar-refractivity contribution in [2.45, 2.75) is 5.75 Å². The van der Waals surface area contributed by atoms with Gasteiger partial charge in [0.15, 0.2) is 9.84 Å². The summed E-state index contributed by atoms with van der Waals surface area (Å²) in [7, 11) is 4.34. The fourth-order valence-electron chi connectivity index (χ4n) is 4.77. The molecule has 1 N–H and O–H groups in total. The summed E-state index contributed by atoms with van der Waals surface area (Å²) in [5, 5.41) is 4.05. The maximum absolute atomic E-state index is 13.5. The Balaban J connectivity index is 1.56. The van der Waals surface area contributed by atoms with Crippen molar-refractivity contribution in [3.8, 4) is 23.0 Å². The molecule has 0 atom stereocenters. The van der Waals surface area contributed by atoms with E-state index in [1.54, 1.807) is 36.4 Å². The van der Waals surface area contributed by atoms with Crippen LogP contribution in [0.1, 0.15) is 21.5 Å². The van der Waals surface area contributed by atoms with E-state index in [1.165, 1.54) is 34.5 Å². The highest BCUT2D eigenvalue weighted by molar-refractivity contribution is 7.93. The fourth-order valence-corrected chi connectivity index (χ4v) is 5.85. The highest BCUT2D eigenvalue weighted by Crippen LogP contribution is 2.35. The Morgan fingerprint density at radius 2 is 1.50 bits per heavy atom. The maximum atomic E-state index is 13.5. The van der Waals surface area contributed by atoms with Crippen LogP contribution in [-0.4, -0.2) is 80.9 Å². The van der Waals surface area contributed by atoms with Gasteiger partial charge in [-0.05, 0) is 43.0 Å². The number of hydrogen-bond donors (Lipinski definition) is 1. The first-order valence-electron chi connectivity index (χ1n) is 13.4. The largest absolute Gasteiger partial charge is 0.496 e. The summed E-state index contributed by atoms with van der Waals surface area (Å²) < 4.78 is 47.8. The average molecular weight is 596 g/mol. The van der Waals surface area contributed by atoms with E-state index in [0.29, 0.717) is 45.4 Å². The number of methoxy groups -OCH3 is 4. The van der Waals surface area contributed by atoms with Gasteiger partial charge in [0.1, 0.15) is 23.0 Å². The van der Waals surface area contributed by atoms with Crippen molar-refractivity contribution in [1.29, 1.82) is 0 Å². The number of carbonyl (C=O) groups excluding carboxylic acids is 1. The van der Waals surface area contributed by atoms with Crippen LogP contribution in [0.4, 0.5) is 11.4 Å². The van der Waals surface area contributed by atoms with Gasteiger partial charge in [-0.3, -0.25) is 4.79 Å². The van der Waals surface area contributed by atoms with Gasteiger partial charge in [0, 0.05) is 49.4 Å². The molecule has 0 aromatic heterocycles. The lowest BCUT2D eigenvalue weighted by molar-refractivity contribution is 0.102. The van der Waals surface area contributed by atoms with Crippen LogP contribution in [0.2, 0.25) is 0 Å². The Bertz CT molecular complexity index is 1520. The summed E-state index contributed by atoms with van der Waals surface area (Å²) in [6.45, 7) is 3.46. The van der Waals surface area contributed by atoms with Gasteiger partial charge >= 0.3 is 0 Å². The summed E-state index contributed by atoms with van der Waals surface area (Å²) in [5.41, 5.74) is 2.72. The molecule has 0 bridgehead atoms. The molecule has 1 aliphatic rings.